The fourth-order valence-electron chi connectivity index (χ4n) is 3.19. The number of methoxy groups -OCH3 is 1. The lowest BCUT2D eigenvalue weighted by Crippen LogP contribution is -2.42. The van der Waals surface area contributed by atoms with Crippen molar-refractivity contribution in [2.45, 2.75) is 44.6 Å². The van der Waals surface area contributed by atoms with Gasteiger partial charge >= 0.3 is 5.97 Å². The molecule has 7 heteroatoms. The molecule has 2 rings (SSSR count). The molecule has 0 aromatic heterocycles. The lowest BCUT2D eigenvalue weighted by atomic mass is 9.96. The number of carbonyl (C=O) groups is 2. The predicted molar refractivity (Wildman–Crippen MR) is 72.5 cm³/mol. The Morgan fingerprint density at radius 1 is 1.35 bits per heavy atom. The summed E-state index contributed by atoms with van der Waals surface area (Å²) < 4.78 is 30.6. The monoisotopic (exact) mass is 303 g/mol. The van der Waals surface area contributed by atoms with Crippen molar-refractivity contribution >= 4 is 21.8 Å². The van der Waals surface area contributed by atoms with Crippen LogP contribution in [-0.2, 0) is 24.3 Å². The van der Waals surface area contributed by atoms with Gasteiger partial charge in [0, 0.05) is 24.9 Å². The Labute approximate surface area is 119 Å². The van der Waals surface area contributed by atoms with Gasteiger partial charge in [-0.15, -0.1) is 0 Å². The number of carbonyl (C=O) groups excluding carboxylic acids is 2. The number of sulfonamides is 1. The average Bonchev–Trinajstić information content (AvgIpc) is 3.04. The topological polar surface area (TPSA) is 80.8 Å². The standard InChI is InChI=1S/C13H21NO5S/c1-19-13(16)7-9-20(17,18)14-8-3-5-11(14)10-4-2-6-12(10)15/h10-11H,2-9H2,1H3. The van der Waals surface area contributed by atoms with E-state index in [1.807, 2.05) is 0 Å². The number of esters is 1. The maximum absolute atomic E-state index is 12.3. The number of ether oxygens (including phenoxy) is 1. The summed E-state index contributed by atoms with van der Waals surface area (Å²) in [5.74, 6) is -0.728. The number of nitrogens with zero attached hydrogens (tertiary/aromatic N) is 1. The summed E-state index contributed by atoms with van der Waals surface area (Å²) in [4.78, 5) is 23.0. The minimum atomic E-state index is -3.49. The van der Waals surface area contributed by atoms with Gasteiger partial charge in [0.05, 0.1) is 19.3 Å². The van der Waals surface area contributed by atoms with Gasteiger partial charge in [-0.1, -0.05) is 0 Å². The maximum Gasteiger partial charge on any atom is 0.306 e. The molecule has 1 aliphatic carbocycles. The Hall–Kier alpha value is -0.950. The highest BCUT2D eigenvalue weighted by atomic mass is 32.2. The molecule has 20 heavy (non-hydrogen) atoms. The second-order valence-corrected chi connectivity index (χ2v) is 7.47. The van der Waals surface area contributed by atoms with Crippen LogP contribution in [0.5, 0.6) is 0 Å². The molecule has 1 aliphatic heterocycles. The molecule has 1 saturated heterocycles. The van der Waals surface area contributed by atoms with E-state index in [9.17, 15) is 18.0 Å². The van der Waals surface area contributed by atoms with Gasteiger partial charge in [-0.2, -0.15) is 4.31 Å². The van der Waals surface area contributed by atoms with Crippen LogP contribution in [-0.4, -0.2) is 49.9 Å². The van der Waals surface area contributed by atoms with Crippen LogP contribution in [0.25, 0.3) is 0 Å². The van der Waals surface area contributed by atoms with Crippen molar-refractivity contribution < 1.29 is 22.7 Å². The highest BCUT2D eigenvalue weighted by Gasteiger charge is 2.42. The molecule has 2 unspecified atom stereocenters. The molecule has 2 fully saturated rings. The van der Waals surface area contributed by atoms with Gasteiger partial charge in [0.2, 0.25) is 10.0 Å². The van der Waals surface area contributed by atoms with Crippen LogP contribution in [0.4, 0.5) is 0 Å². The van der Waals surface area contributed by atoms with Crippen LogP contribution < -0.4 is 0 Å². The van der Waals surface area contributed by atoms with Gasteiger partial charge in [-0.05, 0) is 25.7 Å². The van der Waals surface area contributed by atoms with E-state index in [1.165, 1.54) is 11.4 Å². The molecule has 0 aromatic carbocycles. The first-order valence-corrected chi connectivity index (χ1v) is 8.65. The summed E-state index contributed by atoms with van der Waals surface area (Å²) in [6, 6.07) is -0.201. The van der Waals surface area contributed by atoms with Gasteiger partial charge < -0.3 is 4.74 Å². The van der Waals surface area contributed by atoms with Crippen molar-refractivity contribution in [2.75, 3.05) is 19.4 Å². The summed E-state index contributed by atoms with van der Waals surface area (Å²) >= 11 is 0. The third kappa shape index (κ3) is 3.20. The molecular weight excluding hydrogens is 282 g/mol. The maximum atomic E-state index is 12.3. The number of rotatable bonds is 5. The smallest absolute Gasteiger partial charge is 0.306 e. The molecule has 6 nitrogen and oxygen atoms in total. The van der Waals surface area contributed by atoms with E-state index in [-0.39, 0.29) is 29.9 Å². The SMILES string of the molecule is COC(=O)CCS(=O)(=O)N1CCCC1C1CCCC1=O. The normalized spacial score (nSPS) is 27.9. The molecule has 2 atom stereocenters. The molecule has 2 aliphatic rings. The fourth-order valence-corrected chi connectivity index (χ4v) is 4.93. The summed E-state index contributed by atoms with van der Waals surface area (Å²) in [5.41, 5.74) is 0. The van der Waals surface area contributed by atoms with E-state index >= 15 is 0 Å². The third-order valence-corrected chi connectivity index (χ3v) is 6.10. The van der Waals surface area contributed by atoms with Crippen LogP contribution in [0, 0.1) is 5.92 Å². The third-order valence-electron chi connectivity index (χ3n) is 4.21. The highest BCUT2D eigenvalue weighted by Crippen LogP contribution is 2.34. The van der Waals surface area contributed by atoms with Gasteiger partial charge in [-0.3, -0.25) is 9.59 Å². The van der Waals surface area contributed by atoms with Crippen molar-refractivity contribution in [3.63, 3.8) is 0 Å². The molecule has 114 valence electrons. The Bertz CT molecular complexity index is 487. The fraction of sp³-hybridized carbons (Fsp3) is 0.846. The van der Waals surface area contributed by atoms with Crippen molar-refractivity contribution in [1.29, 1.82) is 0 Å². The lowest BCUT2D eigenvalue weighted by molar-refractivity contribution is -0.140. The molecular formula is C13H21NO5S. The van der Waals surface area contributed by atoms with Gasteiger partial charge in [-0.25, -0.2) is 8.42 Å². The van der Waals surface area contributed by atoms with Crippen molar-refractivity contribution in [3.05, 3.63) is 0 Å². The van der Waals surface area contributed by atoms with Crippen LogP contribution in [0.15, 0.2) is 0 Å². The molecule has 0 aromatic rings. The minimum absolute atomic E-state index is 0.138. The quantitative estimate of drug-likeness (QED) is 0.699. The van der Waals surface area contributed by atoms with Crippen LogP contribution in [0.1, 0.15) is 38.5 Å². The van der Waals surface area contributed by atoms with E-state index < -0.39 is 16.0 Å². The first kappa shape index (κ1) is 15.4. The van der Waals surface area contributed by atoms with Gasteiger partial charge in [0.25, 0.3) is 0 Å². The number of ketones is 1. The van der Waals surface area contributed by atoms with Crippen molar-refractivity contribution in [2.24, 2.45) is 5.92 Å². The lowest BCUT2D eigenvalue weighted by Gasteiger charge is -2.27. The number of hydrogen-bond acceptors (Lipinski definition) is 5. The first-order chi connectivity index (χ1) is 9.45. The Morgan fingerprint density at radius 3 is 2.70 bits per heavy atom. The first-order valence-electron chi connectivity index (χ1n) is 7.05. The molecule has 0 N–H and O–H groups in total. The molecule has 0 radical (unpaired) electrons. The summed E-state index contributed by atoms with van der Waals surface area (Å²) in [5, 5.41) is 0. The van der Waals surface area contributed by atoms with Gasteiger partial charge in [0.15, 0.2) is 0 Å². The summed E-state index contributed by atoms with van der Waals surface area (Å²) in [7, 11) is -2.25. The molecule has 1 saturated carbocycles. The average molecular weight is 303 g/mol. The van der Waals surface area contributed by atoms with E-state index in [0.29, 0.717) is 13.0 Å². The van der Waals surface area contributed by atoms with Crippen molar-refractivity contribution in [1.82, 2.24) is 4.31 Å². The summed E-state index contributed by atoms with van der Waals surface area (Å²) in [6.07, 6.45) is 3.60. The highest BCUT2D eigenvalue weighted by molar-refractivity contribution is 7.89. The molecule has 0 spiro atoms. The second-order valence-electron chi connectivity index (χ2n) is 5.43. The van der Waals surface area contributed by atoms with E-state index in [1.54, 1.807) is 0 Å². The second kappa shape index (κ2) is 6.22. The zero-order valence-corrected chi connectivity index (χ0v) is 12.5. The van der Waals surface area contributed by atoms with Gasteiger partial charge in [0.1, 0.15) is 5.78 Å². The van der Waals surface area contributed by atoms with E-state index in [2.05, 4.69) is 4.74 Å². The van der Waals surface area contributed by atoms with Crippen LogP contribution in [0.2, 0.25) is 0 Å². The van der Waals surface area contributed by atoms with Crippen LogP contribution in [0.3, 0.4) is 0 Å². The van der Waals surface area contributed by atoms with E-state index in [4.69, 9.17) is 0 Å². The Morgan fingerprint density at radius 2 is 2.10 bits per heavy atom. The van der Waals surface area contributed by atoms with Crippen molar-refractivity contribution in [3.8, 4) is 0 Å². The zero-order chi connectivity index (χ0) is 14.8. The number of Topliss-reactive ketones (excluding diaryl/α,β-unsaturated/α-hetero) is 1. The Balaban J connectivity index is 2.05. The van der Waals surface area contributed by atoms with Crippen LogP contribution >= 0.6 is 0 Å². The number of hydrogen-bond donors (Lipinski definition) is 0. The zero-order valence-electron chi connectivity index (χ0n) is 11.7. The van der Waals surface area contributed by atoms with E-state index in [0.717, 1.165) is 25.7 Å². The predicted octanol–water partition coefficient (Wildman–Crippen LogP) is 0.713. The largest absolute Gasteiger partial charge is 0.469 e. The minimum Gasteiger partial charge on any atom is -0.469 e. The molecule has 1 heterocycles. The summed E-state index contributed by atoms with van der Waals surface area (Å²) in [6.45, 7) is 0.456. The molecule has 0 bridgehead atoms. The Kier molecular flexibility index (Phi) is 4.80. The molecule has 0 amide bonds.